The van der Waals surface area contributed by atoms with Gasteiger partial charge in [0.25, 0.3) is 5.95 Å². The smallest absolute Gasteiger partial charge is 0.259 e. The van der Waals surface area contributed by atoms with Gasteiger partial charge in [-0.05, 0) is 17.7 Å². The average Bonchev–Trinajstić information content (AvgIpc) is 2.33. The number of hydrogen-bond acceptors (Lipinski definition) is 6. The first kappa shape index (κ1) is 10.3. The van der Waals surface area contributed by atoms with E-state index in [1.807, 2.05) is 24.3 Å². The Kier molecular flexibility index (Phi) is 2.90. The van der Waals surface area contributed by atoms with Crippen LogP contribution in [0.1, 0.15) is 11.4 Å². The Morgan fingerprint density at radius 1 is 1.06 bits per heavy atom. The molecule has 1 aromatic carbocycles. The molecule has 1 heterocycles. The van der Waals surface area contributed by atoms with Crippen molar-refractivity contribution in [3.05, 3.63) is 35.7 Å². The third-order valence-corrected chi connectivity index (χ3v) is 2.06. The molecular weight excluding hydrogens is 206 g/mol. The van der Waals surface area contributed by atoms with Crippen LogP contribution in [-0.4, -0.2) is 27.5 Å². The van der Waals surface area contributed by atoms with Gasteiger partial charge >= 0.3 is 0 Å². The predicted octanol–water partition coefficient (Wildman–Crippen LogP) is 0.448. The topological polar surface area (TPSA) is 86.8 Å². The van der Waals surface area contributed by atoms with Crippen LogP contribution < -0.4 is 10.5 Å². The molecular formula is C10H11N5O. The number of hydrogen-bond donors (Lipinski definition) is 1. The van der Waals surface area contributed by atoms with Crippen LogP contribution in [0.2, 0.25) is 0 Å². The summed E-state index contributed by atoms with van der Waals surface area (Å²) in [5.41, 5.74) is 6.36. The average molecular weight is 217 g/mol. The second-order valence-electron chi connectivity index (χ2n) is 3.20. The number of anilines is 1. The summed E-state index contributed by atoms with van der Waals surface area (Å²) in [6, 6.07) is 7.65. The van der Waals surface area contributed by atoms with Gasteiger partial charge in [0.2, 0.25) is 0 Å². The van der Waals surface area contributed by atoms with Crippen LogP contribution in [0.4, 0.5) is 5.95 Å². The Labute approximate surface area is 92.5 Å². The van der Waals surface area contributed by atoms with E-state index in [0.29, 0.717) is 12.2 Å². The van der Waals surface area contributed by atoms with Crippen LogP contribution in [0.25, 0.3) is 0 Å². The zero-order valence-corrected chi connectivity index (χ0v) is 8.79. The molecule has 0 saturated heterocycles. The number of nitrogens with zero attached hydrogens (tertiary/aromatic N) is 4. The van der Waals surface area contributed by atoms with Gasteiger partial charge in [0, 0.05) is 6.42 Å². The highest BCUT2D eigenvalue weighted by atomic mass is 16.5. The Balaban J connectivity index is 2.11. The molecule has 0 unspecified atom stereocenters. The fourth-order valence-electron chi connectivity index (χ4n) is 1.25. The van der Waals surface area contributed by atoms with Crippen LogP contribution in [-0.2, 0) is 6.42 Å². The van der Waals surface area contributed by atoms with E-state index in [4.69, 9.17) is 10.5 Å². The molecule has 82 valence electrons. The van der Waals surface area contributed by atoms with Crippen LogP contribution in [0.15, 0.2) is 24.3 Å². The Bertz CT molecular complexity index is 454. The van der Waals surface area contributed by atoms with E-state index >= 15 is 0 Å². The lowest BCUT2D eigenvalue weighted by molar-refractivity contribution is 0.414. The van der Waals surface area contributed by atoms with Gasteiger partial charge < -0.3 is 10.5 Å². The van der Waals surface area contributed by atoms with Crippen molar-refractivity contribution in [2.75, 3.05) is 12.8 Å². The molecule has 0 spiro atoms. The van der Waals surface area contributed by atoms with Gasteiger partial charge in [-0.15, -0.1) is 20.4 Å². The molecule has 0 bridgehead atoms. The van der Waals surface area contributed by atoms with Crippen molar-refractivity contribution in [2.24, 2.45) is 0 Å². The molecule has 1 aromatic heterocycles. The number of rotatable bonds is 3. The zero-order chi connectivity index (χ0) is 11.4. The van der Waals surface area contributed by atoms with Gasteiger partial charge in [0.05, 0.1) is 7.11 Å². The van der Waals surface area contributed by atoms with Gasteiger partial charge in [-0.25, -0.2) is 0 Å². The summed E-state index contributed by atoms with van der Waals surface area (Å²) >= 11 is 0. The van der Waals surface area contributed by atoms with Gasteiger partial charge in [0.1, 0.15) is 5.75 Å². The number of methoxy groups -OCH3 is 1. The third-order valence-electron chi connectivity index (χ3n) is 2.06. The number of nitrogen functional groups attached to an aromatic ring is 1. The highest BCUT2D eigenvalue weighted by Gasteiger charge is 2.01. The molecule has 2 rings (SSSR count). The summed E-state index contributed by atoms with van der Waals surface area (Å²) in [5.74, 6) is 1.44. The van der Waals surface area contributed by atoms with Crippen molar-refractivity contribution in [1.29, 1.82) is 0 Å². The van der Waals surface area contributed by atoms with Gasteiger partial charge in [-0.2, -0.15) is 0 Å². The Morgan fingerprint density at radius 3 is 2.25 bits per heavy atom. The van der Waals surface area contributed by atoms with Crippen LogP contribution in [0.3, 0.4) is 0 Å². The molecule has 0 fully saturated rings. The lowest BCUT2D eigenvalue weighted by atomic mass is 10.1. The molecule has 0 aliphatic heterocycles. The molecule has 0 aliphatic rings. The quantitative estimate of drug-likeness (QED) is 0.803. The molecule has 6 heteroatoms. The number of aromatic nitrogens is 4. The van der Waals surface area contributed by atoms with Gasteiger partial charge in [0.15, 0.2) is 5.82 Å². The lowest BCUT2D eigenvalue weighted by Crippen LogP contribution is -2.05. The van der Waals surface area contributed by atoms with E-state index in [2.05, 4.69) is 20.4 Å². The van der Waals surface area contributed by atoms with Gasteiger partial charge in [-0.3, -0.25) is 0 Å². The largest absolute Gasteiger partial charge is 0.497 e. The number of nitrogens with two attached hydrogens (primary N) is 1. The third kappa shape index (κ3) is 2.41. The maximum Gasteiger partial charge on any atom is 0.259 e. The SMILES string of the molecule is COc1ccc(Cc2nnc(N)nn2)cc1. The molecule has 2 N–H and O–H groups in total. The molecule has 0 atom stereocenters. The van der Waals surface area contributed by atoms with Crippen molar-refractivity contribution in [1.82, 2.24) is 20.4 Å². The first-order valence-corrected chi connectivity index (χ1v) is 4.72. The Morgan fingerprint density at radius 2 is 1.69 bits per heavy atom. The first-order chi connectivity index (χ1) is 7.78. The van der Waals surface area contributed by atoms with E-state index in [0.717, 1.165) is 11.3 Å². The van der Waals surface area contributed by atoms with Crippen LogP contribution in [0.5, 0.6) is 5.75 Å². The summed E-state index contributed by atoms with van der Waals surface area (Å²) in [6.45, 7) is 0. The maximum atomic E-state index is 5.29. The molecule has 0 aliphatic carbocycles. The van der Waals surface area contributed by atoms with Gasteiger partial charge in [-0.1, -0.05) is 12.1 Å². The van der Waals surface area contributed by atoms with Crippen LogP contribution in [0, 0.1) is 0 Å². The van der Waals surface area contributed by atoms with E-state index in [1.165, 1.54) is 0 Å². The summed E-state index contributed by atoms with van der Waals surface area (Å²) in [7, 11) is 1.63. The zero-order valence-electron chi connectivity index (χ0n) is 8.79. The van der Waals surface area contributed by atoms with E-state index in [9.17, 15) is 0 Å². The molecule has 2 aromatic rings. The molecule has 0 radical (unpaired) electrons. The highest BCUT2D eigenvalue weighted by Crippen LogP contribution is 2.12. The second kappa shape index (κ2) is 4.52. The van der Waals surface area contributed by atoms with Crippen molar-refractivity contribution >= 4 is 5.95 Å². The first-order valence-electron chi connectivity index (χ1n) is 4.72. The van der Waals surface area contributed by atoms with Crippen molar-refractivity contribution in [3.8, 4) is 5.75 Å². The van der Waals surface area contributed by atoms with E-state index in [-0.39, 0.29) is 5.95 Å². The standard InChI is InChI=1S/C10H11N5O/c1-16-8-4-2-7(3-5-8)6-9-12-14-10(11)15-13-9/h2-5H,6H2,1H3,(H2,11,14,15). The fourth-order valence-corrected chi connectivity index (χ4v) is 1.25. The normalized spacial score (nSPS) is 10.1. The Hall–Kier alpha value is -2.24. The number of ether oxygens (including phenoxy) is 1. The molecule has 6 nitrogen and oxygen atoms in total. The minimum Gasteiger partial charge on any atom is -0.497 e. The minimum atomic E-state index is 0.0819. The summed E-state index contributed by atoms with van der Waals surface area (Å²) in [6.07, 6.45) is 0.574. The number of benzene rings is 1. The predicted molar refractivity (Wildman–Crippen MR) is 57.8 cm³/mol. The summed E-state index contributed by atoms with van der Waals surface area (Å²) < 4.78 is 5.06. The van der Waals surface area contributed by atoms with Crippen molar-refractivity contribution < 1.29 is 4.74 Å². The second-order valence-corrected chi connectivity index (χ2v) is 3.20. The fraction of sp³-hybridized carbons (Fsp3) is 0.200. The maximum absolute atomic E-state index is 5.29. The van der Waals surface area contributed by atoms with Crippen LogP contribution >= 0.6 is 0 Å². The van der Waals surface area contributed by atoms with E-state index in [1.54, 1.807) is 7.11 Å². The van der Waals surface area contributed by atoms with Crippen molar-refractivity contribution in [3.63, 3.8) is 0 Å². The van der Waals surface area contributed by atoms with E-state index < -0.39 is 0 Å². The summed E-state index contributed by atoms with van der Waals surface area (Å²) in [4.78, 5) is 0. The highest BCUT2D eigenvalue weighted by molar-refractivity contribution is 5.28. The molecule has 0 amide bonds. The minimum absolute atomic E-state index is 0.0819. The lowest BCUT2D eigenvalue weighted by Gasteiger charge is -2.01. The molecule has 0 saturated carbocycles. The summed E-state index contributed by atoms with van der Waals surface area (Å²) in [5, 5.41) is 14.9. The monoisotopic (exact) mass is 217 g/mol. The molecule has 16 heavy (non-hydrogen) atoms. The van der Waals surface area contributed by atoms with Crippen molar-refractivity contribution in [2.45, 2.75) is 6.42 Å².